The minimum Gasteiger partial charge on any atom is -0.497 e. The number of para-hydroxylation sites is 1. The van der Waals surface area contributed by atoms with E-state index < -0.39 is 5.56 Å². The van der Waals surface area contributed by atoms with Crippen molar-refractivity contribution in [3.63, 3.8) is 0 Å². The van der Waals surface area contributed by atoms with Gasteiger partial charge in [-0.3, -0.25) is 9.36 Å². The zero-order valence-corrected chi connectivity index (χ0v) is 18.2. The number of aromatic nitrogens is 1. The topological polar surface area (TPSA) is 109 Å². The predicted molar refractivity (Wildman–Crippen MR) is 120 cm³/mol. The molecular formula is C24H24N4O4. The quantitative estimate of drug-likeness (QED) is 0.514. The maximum Gasteiger partial charge on any atom is 0.281 e. The van der Waals surface area contributed by atoms with E-state index in [0.29, 0.717) is 24.5 Å². The van der Waals surface area contributed by atoms with Crippen LogP contribution in [0, 0.1) is 18.3 Å². The molecule has 1 aromatic heterocycles. The smallest absolute Gasteiger partial charge is 0.281 e. The molecule has 0 spiro atoms. The monoisotopic (exact) mass is 432 g/mol. The van der Waals surface area contributed by atoms with Crippen LogP contribution in [0.15, 0.2) is 63.6 Å². The summed E-state index contributed by atoms with van der Waals surface area (Å²) in [4.78, 5) is 13.1. The van der Waals surface area contributed by atoms with Gasteiger partial charge in [-0.15, -0.1) is 10.2 Å². The maximum absolute atomic E-state index is 13.1. The van der Waals surface area contributed by atoms with Gasteiger partial charge >= 0.3 is 0 Å². The Hall–Kier alpha value is -4.12. The molecule has 0 saturated heterocycles. The summed E-state index contributed by atoms with van der Waals surface area (Å²) >= 11 is 0. The summed E-state index contributed by atoms with van der Waals surface area (Å²) in [7, 11) is 1.59. The third kappa shape index (κ3) is 4.78. The summed E-state index contributed by atoms with van der Waals surface area (Å²) in [5.74, 6) is 0.888. The van der Waals surface area contributed by atoms with Crippen LogP contribution in [0.25, 0.3) is 0 Å². The van der Waals surface area contributed by atoms with Gasteiger partial charge in [0.15, 0.2) is 5.69 Å². The van der Waals surface area contributed by atoms with Gasteiger partial charge in [-0.1, -0.05) is 24.3 Å². The van der Waals surface area contributed by atoms with E-state index in [4.69, 9.17) is 9.47 Å². The largest absolute Gasteiger partial charge is 0.497 e. The molecule has 32 heavy (non-hydrogen) atoms. The molecule has 1 N–H and O–H groups in total. The first kappa shape index (κ1) is 22.6. The van der Waals surface area contributed by atoms with E-state index in [2.05, 4.69) is 10.2 Å². The highest BCUT2D eigenvalue weighted by Crippen LogP contribution is 2.31. The molecule has 0 aliphatic carbocycles. The van der Waals surface area contributed by atoms with Gasteiger partial charge in [0.2, 0.25) is 5.88 Å². The van der Waals surface area contributed by atoms with Crippen LogP contribution in [0.4, 0.5) is 11.4 Å². The molecule has 0 radical (unpaired) electrons. The van der Waals surface area contributed by atoms with Crippen molar-refractivity contribution >= 4 is 11.4 Å². The lowest BCUT2D eigenvalue weighted by atomic mass is 10.1. The Kier molecular flexibility index (Phi) is 7.24. The van der Waals surface area contributed by atoms with Crippen molar-refractivity contribution in [3.05, 3.63) is 75.6 Å². The lowest BCUT2D eigenvalue weighted by Crippen LogP contribution is -2.22. The average Bonchev–Trinajstić information content (AvgIpc) is 2.80. The van der Waals surface area contributed by atoms with Gasteiger partial charge in [0.25, 0.3) is 5.56 Å². The highest BCUT2D eigenvalue weighted by molar-refractivity contribution is 5.57. The van der Waals surface area contributed by atoms with Crippen LogP contribution in [-0.4, -0.2) is 23.4 Å². The summed E-state index contributed by atoms with van der Waals surface area (Å²) in [6, 6.07) is 16.4. The fraction of sp³-hybridized carbons (Fsp3) is 0.250. The van der Waals surface area contributed by atoms with Gasteiger partial charge in [-0.05, 0) is 50.1 Å². The molecule has 164 valence electrons. The van der Waals surface area contributed by atoms with E-state index in [0.717, 1.165) is 15.9 Å². The number of hydrogen-bond acceptors (Lipinski definition) is 7. The number of aromatic hydroxyl groups is 1. The minimum atomic E-state index is -0.523. The molecular weight excluding hydrogens is 408 g/mol. The second-order valence-electron chi connectivity index (χ2n) is 6.94. The second-order valence-corrected chi connectivity index (χ2v) is 6.94. The Morgan fingerprint density at radius 2 is 1.84 bits per heavy atom. The zero-order valence-electron chi connectivity index (χ0n) is 18.2. The Balaban J connectivity index is 1.98. The van der Waals surface area contributed by atoms with Gasteiger partial charge in [0.05, 0.1) is 13.7 Å². The fourth-order valence-corrected chi connectivity index (χ4v) is 3.22. The van der Waals surface area contributed by atoms with E-state index in [1.165, 1.54) is 0 Å². The molecule has 3 aromatic rings. The van der Waals surface area contributed by atoms with Crippen molar-refractivity contribution in [2.45, 2.75) is 26.8 Å². The molecule has 8 nitrogen and oxygen atoms in total. The van der Waals surface area contributed by atoms with Crippen LogP contribution in [0.1, 0.15) is 23.6 Å². The SMILES string of the molecule is CCOc1ccccc1N=Nc1c(C)c(C#N)c(O)n(CCc2ccc(OC)cc2)c1=O. The molecule has 3 rings (SSSR count). The summed E-state index contributed by atoms with van der Waals surface area (Å²) < 4.78 is 11.8. The number of benzene rings is 2. The number of pyridine rings is 1. The molecule has 8 heteroatoms. The van der Waals surface area contributed by atoms with Crippen LogP contribution in [0.5, 0.6) is 17.4 Å². The van der Waals surface area contributed by atoms with Gasteiger partial charge < -0.3 is 14.6 Å². The predicted octanol–water partition coefficient (Wildman–Crippen LogP) is 4.80. The van der Waals surface area contributed by atoms with Crippen LogP contribution in [0.3, 0.4) is 0 Å². The number of rotatable bonds is 8. The first-order valence-corrected chi connectivity index (χ1v) is 10.1. The van der Waals surface area contributed by atoms with E-state index in [1.807, 2.05) is 43.3 Å². The number of ether oxygens (including phenoxy) is 2. The number of nitrogens with zero attached hydrogens (tertiary/aromatic N) is 4. The van der Waals surface area contributed by atoms with Crippen molar-refractivity contribution in [2.24, 2.45) is 10.2 Å². The van der Waals surface area contributed by atoms with Crippen molar-refractivity contribution in [1.29, 1.82) is 5.26 Å². The van der Waals surface area contributed by atoms with Crippen LogP contribution in [0.2, 0.25) is 0 Å². The molecule has 1 heterocycles. The van der Waals surface area contributed by atoms with Crippen molar-refractivity contribution < 1.29 is 14.6 Å². The van der Waals surface area contributed by atoms with Gasteiger partial charge in [-0.25, -0.2) is 0 Å². The van der Waals surface area contributed by atoms with E-state index in [9.17, 15) is 15.2 Å². The number of azo groups is 1. The Bertz CT molecular complexity index is 1220. The molecule has 0 amide bonds. The molecule has 0 bridgehead atoms. The molecule has 0 aliphatic rings. The zero-order chi connectivity index (χ0) is 23.1. The van der Waals surface area contributed by atoms with Crippen LogP contribution >= 0.6 is 0 Å². The first-order valence-electron chi connectivity index (χ1n) is 10.1. The maximum atomic E-state index is 13.1. The molecule has 0 atom stereocenters. The van der Waals surface area contributed by atoms with E-state index >= 15 is 0 Å². The number of nitriles is 1. The standard InChI is InChI=1S/C24H24N4O4/c1-4-32-21-8-6-5-7-20(21)26-27-22-16(2)19(15-25)23(29)28(24(22)30)14-13-17-9-11-18(31-3)12-10-17/h5-12,29H,4,13-14H2,1-3H3. The van der Waals surface area contributed by atoms with E-state index in [1.54, 1.807) is 32.2 Å². The fourth-order valence-electron chi connectivity index (χ4n) is 3.22. The summed E-state index contributed by atoms with van der Waals surface area (Å²) in [6.07, 6.45) is 0.467. The second kappa shape index (κ2) is 10.3. The van der Waals surface area contributed by atoms with Crippen LogP contribution in [-0.2, 0) is 13.0 Å². The minimum absolute atomic E-state index is 0.000354. The molecule has 0 fully saturated rings. The van der Waals surface area contributed by atoms with Gasteiger partial charge in [0, 0.05) is 12.1 Å². The lowest BCUT2D eigenvalue weighted by molar-refractivity contribution is 0.341. The Morgan fingerprint density at radius 3 is 2.50 bits per heavy atom. The summed E-state index contributed by atoms with van der Waals surface area (Å²) in [6.45, 7) is 4.06. The highest BCUT2D eigenvalue weighted by Gasteiger charge is 2.19. The normalized spacial score (nSPS) is 10.8. The number of aryl methyl sites for hydroxylation is 1. The van der Waals surface area contributed by atoms with Crippen molar-refractivity contribution in [1.82, 2.24) is 4.57 Å². The highest BCUT2D eigenvalue weighted by atomic mass is 16.5. The van der Waals surface area contributed by atoms with Gasteiger partial charge in [0.1, 0.15) is 28.8 Å². The van der Waals surface area contributed by atoms with Gasteiger partial charge in [-0.2, -0.15) is 5.26 Å². The van der Waals surface area contributed by atoms with Crippen LogP contribution < -0.4 is 15.0 Å². The summed E-state index contributed by atoms with van der Waals surface area (Å²) in [5.41, 5.74) is 1.15. The average molecular weight is 432 g/mol. The molecule has 2 aromatic carbocycles. The number of hydrogen-bond donors (Lipinski definition) is 1. The van der Waals surface area contributed by atoms with E-state index in [-0.39, 0.29) is 29.2 Å². The lowest BCUT2D eigenvalue weighted by Gasteiger charge is -2.13. The summed E-state index contributed by atoms with van der Waals surface area (Å²) in [5, 5.41) is 28.4. The Labute approximate surface area is 186 Å². The van der Waals surface area contributed by atoms with Crippen molar-refractivity contribution in [2.75, 3.05) is 13.7 Å². The molecule has 0 saturated carbocycles. The molecule has 0 aliphatic heterocycles. The third-order valence-corrected chi connectivity index (χ3v) is 4.97. The third-order valence-electron chi connectivity index (χ3n) is 4.97. The Morgan fingerprint density at radius 1 is 1.12 bits per heavy atom. The first-order chi connectivity index (χ1) is 15.5. The molecule has 0 unspecified atom stereocenters. The number of methoxy groups -OCH3 is 1. The van der Waals surface area contributed by atoms with Crippen molar-refractivity contribution in [3.8, 4) is 23.4 Å².